The summed E-state index contributed by atoms with van der Waals surface area (Å²) >= 11 is 0. The van der Waals surface area contributed by atoms with E-state index in [4.69, 9.17) is 0 Å². The van der Waals surface area contributed by atoms with Crippen molar-refractivity contribution in [3.8, 4) is 11.1 Å². The third kappa shape index (κ3) is 3.16. The minimum atomic E-state index is -0.139. The number of nitrogens with one attached hydrogen (secondary N) is 1. The molecule has 3 rings (SSSR count). The quantitative estimate of drug-likeness (QED) is 0.859. The van der Waals surface area contributed by atoms with Gasteiger partial charge in [-0.3, -0.25) is 0 Å². The average Bonchev–Trinajstić information content (AvgIpc) is 3.22. The topological polar surface area (TPSA) is 12.0 Å². The molecule has 0 aliphatic heterocycles. The van der Waals surface area contributed by atoms with Crippen LogP contribution in [0.2, 0.25) is 0 Å². The van der Waals surface area contributed by atoms with Crippen LogP contribution in [0, 0.1) is 26.6 Å². The first-order valence-corrected chi connectivity index (χ1v) is 7.64. The Kier molecular flexibility index (Phi) is 3.81. The first kappa shape index (κ1) is 14.3. The van der Waals surface area contributed by atoms with Crippen molar-refractivity contribution in [3.63, 3.8) is 0 Å². The van der Waals surface area contributed by atoms with Crippen molar-refractivity contribution in [2.45, 2.75) is 46.2 Å². The lowest BCUT2D eigenvalue weighted by molar-refractivity contribution is 0.628. The summed E-state index contributed by atoms with van der Waals surface area (Å²) in [5.41, 5.74) is 6.40. The number of hydrogen-bond acceptors (Lipinski definition) is 1. The third-order valence-corrected chi connectivity index (χ3v) is 4.15. The highest BCUT2D eigenvalue weighted by Crippen LogP contribution is 2.31. The van der Waals surface area contributed by atoms with Crippen molar-refractivity contribution in [2.75, 3.05) is 0 Å². The van der Waals surface area contributed by atoms with Crippen LogP contribution in [0.1, 0.15) is 35.1 Å². The van der Waals surface area contributed by atoms with Gasteiger partial charge in [-0.05, 0) is 68.0 Å². The molecular formula is C19H22FN. The van der Waals surface area contributed by atoms with Gasteiger partial charge >= 0.3 is 0 Å². The predicted molar refractivity (Wildman–Crippen MR) is 85.9 cm³/mol. The van der Waals surface area contributed by atoms with Gasteiger partial charge < -0.3 is 5.32 Å². The Bertz CT molecular complexity index is 648. The normalized spacial score (nSPS) is 14.5. The number of rotatable bonds is 4. The molecule has 0 bridgehead atoms. The highest BCUT2D eigenvalue weighted by Gasteiger charge is 2.20. The van der Waals surface area contributed by atoms with Gasteiger partial charge in [0.15, 0.2) is 0 Å². The van der Waals surface area contributed by atoms with Crippen LogP contribution in [0.25, 0.3) is 11.1 Å². The highest BCUT2D eigenvalue weighted by atomic mass is 19.1. The maximum Gasteiger partial charge on any atom is 0.131 e. The van der Waals surface area contributed by atoms with E-state index in [-0.39, 0.29) is 5.82 Å². The summed E-state index contributed by atoms with van der Waals surface area (Å²) in [6, 6.07) is 10.4. The van der Waals surface area contributed by atoms with Crippen LogP contribution in [-0.4, -0.2) is 6.04 Å². The molecule has 0 radical (unpaired) electrons. The zero-order valence-electron chi connectivity index (χ0n) is 13.0. The lowest BCUT2D eigenvalue weighted by Crippen LogP contribution is -2.15. The van der Waals surface area contributed by atoms with Crippen molar-refractivity contribution in [1.82, 2.24) is 5.32 Å². The summed E-state index contributed by atoms with van der Waals surface area (Å²) in [4.78, 5) is 0. The number of halogens is 1. The van der Waals surface area contributed by atoms with Crippen molar-refractivity contribution in [1.29, 1.82) is 0 Å². The maximum absolute atomic E-state index is 14.3. The summed E-state index contributed by atoms with van der Waals surface area (Å²) in [6.45, 7) is 7.02. The van der Waals surface area contributed by atoms with Gasteiger partial charge in [-0.15, -0.1) is 0 Å². The highest BCUT2D eigenvalue weighted by molar-refractivity contribution is 5.72. The minimum absolute atomic E-state index is 0.139. The van der Waals surface area contributed by atoms with Crippen molar-refractivity contribution in [3.05, 3.63) is 58.4 Å². The van der Waals surface area contributed by atoms with E-state index in [0.717, 1.165) is 34.4 Å². The molecule has 0 saturated heterocycles. The number of benzene rings is 2. The van der Waals surface area contributed by atoms with E-state index in [0.29, 0.717) is 6.04 Å². The van der Waals surface area contributed by atoms with Gasteiger partial charge in [0.05, 0.1) is 0 Å². The molecule has 1 aliphatic carbocycles. The van der Waals surface area contributed by atoms with Gasteiger partial charge in [-0.2, -0.15) is 0 Å². The predicted octanol–water partition coefficient (Wildman–Crippen LogP) is 4.67. The summed E-state index contributed by atoms with van der Waals surface area (Å²) in [5, 5.41) is 3.49. The summed E-state index contributed by atoms with van der Waals surface area (Å²) < 4.78 is 14.3. The standard InChI is InChI=1S/C19H22FN/c1-12-8-13(2)19(14(3)9-12)17-10-15(4-7-18(17)20)11-21-16-5-6-16/h4,7-10,16,21H,5-6,11H2,1-3H3. The Morgan fingerprint density at radius 2 is 1.71 bits per heavy atom. The van der Waals surface area contributed by atoms with Crippen LogP contribution in [0.4, 0.5) is 4.39 Å². The van der Waals surface area contributed by atoms with Gasteiger partial charge in [0.25, 0.3) is 0 Å². The Morgan fingerprint density at radius 1 is 1.05 bits per heavy atom. The van der Waals surface area contributed by atoms with Crippen LogP contribution in [0.5, 0.6) is 0 Å². The Labute approximate surface area is 126 Å². The molecule has 1 fully saturated rings. The molecule has 0 unspecified atom stereocenters. The molecule has 2 heteroatoms. The molecule has 0 atom stereocenters. The largest absolute Gasteiger partial charge is 0.310 e. The molecule has 0 spiro atoms. The van der Waals surface area contributed by atoms with Crippen LogP contribution < -0.4 is 5.32 Å². The molecule has 2 aromatic carbocycles. The second kappa shape index (κ2) is 5.61. The average molecular weight is 283 g/mol. The molecule has 110 valence electrons. The van der Waals surface area contributed by atoms with Gasteiger partial charge in [0.2, 0.25) is 0 Å². The fraction of sp³-hybridized carbons (Fsp3) is 0.368. The minimum Gasteiger partial charge on any atom is -0.310 e. The Balaban J connectivity index is 1.98. The summed E-state index contributed by atoms with van der Waals surface area (Å²) in [7, 11) is 0. The van der Waals surface area contributed by atoms with Gasteiger partial charge in [0, 0.05) is 18.2 Å². The Hall–Kier alpha value is -1.67. The zero-order valence-corrected chi connectivity index (χ0v) is 13.0. The van der Waals surface area contributed by atoms with Crippen LogP contribution in [0.15, 0.2) is 30.3 Å². The molecule has 1 nitrogen and oxygen atoms in total. The van der Waals surface area contributed by atoms with Gasteiger partial charge in [0.1, 0.15) is 5.82 Å². The summed E-state index contributed by atoms with van der Waals surface area (Å²) in [6.07, 6.45) is 2.54. The molecule has 1 saturated carbocycles. The van der Waals surface area contributed by atoms with E-state index >= 15 is 0 Å². The van der Waals surface area contributed by atoms with E-state index in [1.54, 1.807) is 6.07 Å². The summed E-state index contributed by atoms with van der Waals surface area (Å²) in [5.74, 6) is -0.139. The second-order valence-corrected chi connectivity index (χ2v) is 6.24. The Morgan fingerprint density at radius 3 is 2.33 bits per heavy atom. The van der Waals surface area contributed by atoms with E-state index in [1.165, 1.54) is 18.4 Å². The lowest BCUT2D eigenvalue weighted by atomic mass is 9.92. The molecule has 0 aromatic heterocycles. The van der Waals surface area contributed by atoms with Crippen molar-refractivity contribution >= 4 is 0 Å². The van der Waals surface area contributed by atoms with Gasteiger partial charge in [-0.1, -0.05) is 23.8 Å². The third-order valence-electron chi connectivity index (χ3n) is 4.15. The second-order valence-electron chi connectivity index (χ2n) is 6.24. The van der Waals surface area contributed by atoms with Crippen molar-refractivity contribution in [2.24, 2.45) is 0 Å². The van der Waals surface area contributed by atoms with Crippen LogP contribution in [0.3, 0.4) is 0 Å². The SMILES string of the molecule is Cc1cc(C)c(-c2cc(CNC3CC3)ccc2F)c(C)c1. The fourth-order valence-electron chi connectivity index (χ4n) is 3.03. The first-order valence-electron chi connectivity index (χ1n) is 7.64. The lowest BCUT2D eigenvalue weighted by Gasteiger charge is -2.14. The number of aryl methyl sites for hydroxylation is 3. The van der Waals surface area contributed by atoms with E-state index in [1.807, 2.05) is 12.1 Å². The van der Waals surface area contributed by atoms with Gasteiger partial charge in [-0.25, -0.2) is 4.39 Å². The van der Waals surface area contributed by atoms with E-state index in [2.05, 4.69) is 38.2 Å². The van der Waals surface area contributed by atoms with E-state index < -0.39 is 0 Å². The molecule has 21 heavy (non-hydrogen) atoms. The molecule has 1 aliphatic rings. The van der Waals surface area contributed by atoms with E-state index in [9.17, 15) is 4.39 Å². The molecular weight excluding hydrogens is 261 g/mol. The molecule has 0 amide bonds. The van der Waals surface area contributed by atoms with Crippen LogP contribution >= 0.6 is 0 Å². The smallest absolute Gasteiger partial charge is 0.131 e. The molecule has 2 aromatic rings. The van der Waals surface area contributed by atoms with Crippen molar-refractivity contribution < 1.29 is 4.39 Å². The van der Waals surface area contributed by atoms with Crippen LogP contribution in [-0.2, 0) is 6.54 Å². The first-order chi connectivity index (χ1) is 10.0. The molecule has 0 heterocycles. The zero-order chi connectivity index (χ0) is 15.0. The maximum atomic E-state index is 14.3. The fourth-order valence-corrected chi connectivity index (χ4v) is 3.03. The number of hydrogen-bond donors (Lipinski definition) is 1. The monoisotopic (exact) mass is 283 g/mol. The molecule has 1 N–H and O–H groups in total.